The fourth-order valence-electron chi connectivity index (χ4n) is 1.90. The van der Waals surface area contributed by atoms with Gasteiger partial charge in [0.05, 0.1) is 23.4 Å². The fourth-order valence-corrected chi connectivity index (χ4v) is 1.90. The van der Waals surface area contributed by atoms with Crippen LogP contribution < -0.4 is 10.6 Å². The third-order valence-electron chi connectivity index (χ3n) is 2.86. The average molecular weight is 245 g/mol. The van der Waals surface area contributed by atoms with E-state index in [1.165, 1.54) is 0 Å². The number of hydrogen-bond donors (Lipinski definition) is 1. The van der Waals surface area contributed by atoms with Crippen molar-refractivity contribution in [1.82, 2.24) is 10.3 Å². The third-order valence-corrected chi connectivity index (χ3v) is 2.86. The van der Waals surface area contributed by atoms with Gasteiger partial charge in [-0.3, -0.25) is 0 Å². The van der Waals surface area contributed by atoms with Crippen molar-refractivity contribution in [3.8, 4) is 6.07 Å². The summed E-state index contributed by atoms with van der Waals surface area (Å²) in [6.45, 7) is 5.33. The molecular formula is C12H15N5O. The second-order valence-corrected chi connectivity index (χ2v) is 4.20. The van der Waals surface area contributed by atoms with Crippen LogP contribution >= 0.6 is 0 Å². The zero-order chi connectivity index (χ0) is 13.1. The van der Waals surface area contributed by atoms with Crippen LogP contribution in [0.2, 0.25) is 0 Å². The summed E-state index contributed by atoms with van der Waals surface area (Å²) in [4.78, 5) is 2.07. The van der Waals surface area contributed by atoms with Crippen LogP contribution in [-0.2, 0) is 0 Å². The van der Waals surface area contributed by atoms with Gasteiger partial charge in [0.15, 0.2) is 11.0 Å². The van der Waals surface area contributed by atoms with Gasteiger partial charge in [-0.25, -0.2) is 4.63 Å². The molecule has 0 aliphatic rings. The molecule has 1 aromatic carbocycles. The maximum Gasteiger partial charge on any atom is 0.160 e. The minimum absolute atomic E-state index is 0.0580. The molecule has 18 heavy (non-hydrogen) atoms. The molecule has 1 unspecified atom stereocenters. The summed E-state index contributed by atoms with van der Waals surface area (Å²) < 4.78 is 4.74. The molecule has 0 spiro atoms. The number of nitriles is 1. The van der Waals surface area contributed by atoms with Crippen molar-refractivity contribution in [1.29, 1.82) is 5.26 Å². The Balaban J connectivity index is 2.43. The zero-order valence-corrected chi connectivity index (χ0v) is 10.4. The maximum absolute atomic E-state index is 8.90. The average Bonchev–Trinajstić information content (AvgIpc) is 2.86. The molecule has 1 aromatic heterocycles. The van der Waals surface area contributed by atoms with Crippen LogP contribution in [0.25, 0.3) is 11.0 Å². The van der Waals surface area contributed by atoms with Gasteiger partial charge in [-0.1, -0.05) is 0 Å². The number of nitrogen functional groups attached to an aromatic ring is 1. The summed E-state index contributed by atoms with van der Waals surface area (Å²) in [6.07, 6.45) is 0. The highest BCUT2D eigenvalue weighted by molar-refractivity contribution is 5.95. The monoisotopic (exact) mass is 245 g/mol. The van der Waals surface area contributed by atoms with E-state index in [0.717, 1.165) is 12.2 Å². The van der Waals surface area contributed by atoms with Crippen LogP contribution in [0, 0.1) is 17.2 Å². The molecule has 6 nitrogen and oxygen atoms in total. The number of aromatic nitrogens is 2. The van der Waals surface area contributed by atoms with Crippen LogP contribution in [0.5, 0.6) is 0 Å². The Morgan fingerprint density at radius 3 is 2.83 bits per heavy atom. The van der Waals surface area contributed by atoms with E-state index in [0.29, 0.717) is 23.3 Å². The molecule has 0 radical (unpaired) electrons. The van der Waals surface area contributed by atoms with E-state index in [1.54, 1.807) is 6.07 Å². The lowest BCUT2D eigenvalue weighted by Gasteiger charge is -2.24. The molecule has 2 aromatic rings. The van der Waals surface area contributed by atoms with Crippen molar-refractivity contribution in [3.05, 3.63) is 12.1 Å². The Morgan fingerprint density at radius 2 is 2.17 bits per heavy atom. The normalized spacial score (nSPS) is 12.3. The molecule has 2 rings (SSSR count). The first-order valence-corrected chi connectivity index (χ1v) is 5.82. The molecule has 0 fully saturated rings. The van der Waals surface area contributed by atoms with E-state index >= 15 is 0 Å². The first-order chi connectivity index (χ1) is 8.67. The van der Waals surface area contributed by atoms with E-state index in [1.807, 2.05) is 19.9 Å². The summed E-state index contributed by atoms with van der Waals surface area (Å²) in [5, 5.41) is 16.6. The minimum Gasteiger partial charge on any atom is -0.397 e. The predicted molar refractivity (Wildman–Crippen MR) is 68.9 cm³/mol. The SMILES string of the molecule is CCN(CC(C)C#N)c1ccc(N)c2nonc12. The smallest absolute Gasteiger partial charge is 0.160 e. The van der Waals surface area contributed by atoms with Gasteiger partial charge in [-0.05, 0) is 36.3 Å². The van der Waals surface area contributed by atoms with Gasteiger partial charge in [0.25, 0.3) is 0 Å². The van der Waals surface area contributed by atoms with Crippen molar-refractivity contribution < 1.29 is 4.63 Å². The first kappa shape index (κ1) is 12.2. The van der Waals surface area contributed by atoms with Crippen molar-refractivity contribution in [2.75, 3.05) is 23.7 Å². The van der Waals surface area contributed by atoms with E-state index in [2.05, 4.69) is 21.3 Å². The second kappa shape index (κ2) is 4.92. The Bertz CT molecular complexity index is 586. The molecule has 1 heterocycles. The molecule has 0 aliphatic carbocycles. The Kier molecular flexibility index (Phi) is 3.33. The molecule has 0 amide bonds. The lowest BCUT2D eigenvalue weighted by molar-refractivity contribution is 0.315. The lowest BCUT2D eigenvalue weighted by atomic mass is 10.1. The lowest BCUT2D eigenvalue weighted by Crippen LogP contribution is -2.28. The Labute approximate surface area is 105 Å². The predicted octanol–water partition coefficient (Wildman–Crippen LogP) is 1.79. The van der Waals surface area contributed by atoms with E-state index in [-0.39, 0.29) is 5.92 Å². The zero-order valence-electron chi connectivity index (χ0n) is 10.4. The molecule has 0 bridgehead atoms. The highest BCUT2D eigenvalue weighted by Crippen LogP contribution is 2.28. The van der Waals surface area contributed by atoms with Crippen LogP contribution in [0.4, 0.5) is 11.4 Å². The summed E-state index contributed by atoms with van der Waals surface area (Å²) in [6, 6.07) is 5.89. The molecular weight excluding hydrogens is 230 g/mol. The number of nitrogens with zero attached hydrogens (tertiary/aromatic N) is 4. The van der Waals surface area contributed by atoms with Gasteiger partial charge < -0.3 is 10.6 Å². The molecule has 6 heteroatoms. The number of rotatable bonds is 4. The van der Waals surface area contributed by atoms with Gasteiger partial charge >= 0.3 is 0 Å². The Hall–Kier alpha value is -2.29. The van der Waals surface area contributed by atoms with E-state index < -0.39 is 0 Å². The molecule has 1 atom stereocenters. The quantitative estimate of drug-likeness (QED) is 0.825. The largest absolute Gasteiger partial charge is 0.397 e. The molecule has 94 valence electrons. The van der Waals surface area contributed by atoms with Crippen molar-refractivity contribution in [2.24, 2.45) is 5.92 Å². The molecule has 0 saturated heterocycles. The van der Waals surface area contributed by atoms with Gasteiger partial charge in [-0.15, -0.1) is 0 Å². The summed E-state index contributed by atoms with van der Waals surface area (Å²) in [7, 11) is 0. The molecule has 0 saturated carbocycles. The van der Waals surface area contributed by atoms with Crippen LogP contribution in [0.15, 0.2) is 16.8 Å². The van der Waals surface area contributed by atoms with Crippen molar-refractivity contribution in [3.63, 3.8) is 0 Å². The number of hydrogen-bond acceptors (Lipinski definition) is 6. The van der Waals surface area contributed by atoms with Crippen LogP contribution in [0.1, 0.15) is 13.8 Å². The summed E-state index contributed by atoms with van der Waals surface area (Å²) >= 11 is 0. The fraction of sp³-hybridized carbons (Fsp3) is 0.417. The van der Waals surface area contributed by atoms with Crippen LogP contribution in [0.3, 0.4) is 0 Å². The van der Waals surface area contributed by atoms with Gasteiger partial charge in [0, 0.05) is 13.1 Å². The minimum atomic E-state index is -0.0580. The van der Waals surface area contributed by atoms with Gasteiger partial charge in [0.1, 0.15) is 0 Å². The maximum atomic E-state index is 8.90. The van der Waals surface area contributed by atoms with E-state index in [4.69, 9.17) is 15.6 Å². The topological polar surface area (TPSA) is 92.0 Å². The van der Waals surface area contributed by atoms with Gasteiger partial charge in [0.2, 0.25) is 0 Å². The number of anilines is 2. The molecule has 2 N–H and O–H groups in total. The highest BCUT2D eigenvalue weighted by Gasteiger charge is 2.16. The first-order valence-electron chi connectivity index (χ1n) is 5.82. The van der Waals surface area contributed by atoms with Crippen LogP contribution in [-0.4, -0.2) is 23.4 Å². The second-order valence-electron chi connectivity index (χ2n) is 4.20. The van der Waals surface area contributed by atoms with Crippen molar-refractivity contribution >= 4 is 22.4 Å². The summed E-state index contributed by atoms with van der Waals surface area (Å²) in [5.41, 5.74) is 8.45. The number of benzene rings is 1. The highest BCUT2D eigenvalue weighted by atomic mass is 16.6. The standard InChI is InChI=1S/C12H15N5O/c1-3-17(7-8(2)6-13)10-5-4-9(14)11-12(10)16-18-15-11/h4-5,8H,3,7,14H2,1-2H3. The summed E-state index contributed by atoms with van der Waals surface area (Å²) in [5.74, 6) is -0.0580. The molecule has 0 aliphatic heterocycles. The van der Waals surface area contributed by atoms with Crippen molar-refractivity contribution in [2.45, 2.75) is 13.8 Å². The number of fused-ring (bicyclic) bond motifs is 1. The van der Waals surface area contributed by atoms with E-state index in [9.17, 15) is 0 Å². The third kappa shape index (κ3) is 2.07. The number of nitrogens with two attached hydrogens (primary N) is 1. The Morgan fingerprint density at radius 1 is 1.44 bits per heavy atom. The van der Waals surface area contributed by atoms with Gasteiger partial charge in [-0.2, -0.15) is 5.26 Å².